The van der Waals surface area contributed by atoms with Crippen LogP contribution in [0.2, 0.25) is 0 Å². The predicted octanol–water partition coefficient (Wildman–Crippen LogP) is 0.166. The van der Waals surface area contributed by atoms with Crippen molar-refractivity contribution in [2.75, 3.05) is 13.1 Å². The van der Waals surface area contributed by atoms with Crippen LogP contribution in [0.5, 0.6) is 0 Å². The quantitative estimate of drug-likeness (QED) is 0.638. The lowest BCUT2D eigenvalue weighted by atomic mass is 10.2. The third kappa shape index (κ3) is 3.38. The molecule has 0 bridgehead atoms. The Labute approximate surface area is 73.5 Å². The predicted molar refractivity (Wildman–Crippen MR) is 46.1 cm³/mol. The molecule has 0 unspecified atom stereocenters. The number of hydrogen-bond donors (Lipinski definition) is 2. The molecular weight excluding hydrogens is 166 g/mol. The van der Waals surface area contributed by atoms with Gasteiger partial charge in [0.05, 0.1) is 18.3 Å². The summed E-state index contributed by atoms with van der Waals surface area (Å²) in [5.74, 6) is 0. The molecule has 2 N–H and O–H groups in total. The van der Waals surface area contributed by atoms with Crippen LogP contribution in [0.15, 0.2) is 0 Å². The van der Waals surface area contributed by atoms with E-state index in [0.29, 0.717) is 6.54 Å². The van der Waals surface area contributed by atoms with E-state index < -0.39 is 0 Å². The second-order valence-corrected chi connectivity index (χ2v) is 2.95. The van der Waals surface area contributed by atoms with Crippen LogP contribution in [0.3, 0.4) is 0 Å². The minimum absolute atomic E-state index is 0. The second-order valence-electron chi connectivity index (χ2n) is 2.95. The molecule has 1 rings (SSSR count). The fourth-order valence-corrected chi connectivity index (χ4v) is 1.13. The van der Waals surface area contributed by atoms with Gasteiger partial charge in [-0.2, -0.15) is 0 Å². The molecule has 68 valence electrons. The van der Waals surface area contributed by atoms with Crippen molar-refractivity contribution in [2.45, 2.75) is 32.2 Å². The lowest BCUT2D eigenvalue weighted by molar-refractivity contribution is -0.0388. The minimum atomic E-state index is -0.317. The van der Waals surface area contributed by atoms with E-state index in [2.05, 4.69) is 5.32 Å². The van der Waals surface area contributed by atoms with Gasteiger partial charge >= 0.3 is 0 Å². The first kappa shape index (κ1) is 11.2. The van der Waals surface area contributed by atoms with E-state index in [1.807, 2.05) is 13.8 Å². The van der Waals surface area contributed by atoms with Crippen molar-refractivity contribution in [2.24, 2.45) is 0 Å². The SMILES string of the molecule is CC(C)O[C@H]1CNC[C@@H]1O.Cl. The normalized spacial score (nSPS) is 30.5. The number of rotatable bonds is 2. The number of β-amino-alcohol motifs (C(OH)–C–C–N with tert-alkyl or cyclic N) is 1. The molecule has 0 spiro atoms. The fraction of sp³-hybridized carbons (Fsp3) is 1.00. The molecule has 0 aliphatic carbocycles. The summed E-state index contributed by atoms with van der Waals surface area (Å²) in [5.41, 5.74) is 0. The highest BCUT2D eigenvalue weighted by molar-refractivity contribution is 5.85. The molecule has 0 aromatic heterocycles. The molecule has 1 aliphatic rings. The average Bonchev–Trinajstić information content (AvgIpc) is 2.15. The molecule has 0 aromatic carbocycles. The first-order valence-electron chi connectivity index (χ1n) is 3.74. The van der Waals surface area contributed by atoms with Crippen molar-refractivity contribution >= 4 is 12.4 Å². The summed E-state index contributed by atoms with van der Waals surface area (Å²) in [6.45, 7) is 5.40. The lowest BCUT2D eigenvalue weighted by Gasteiger charge is -2.16. The number of ether oxygens (including phenoxy) is 1. The van der Waals surface area contributed by atoms with Gasteiger partial charge in [0.1, 0.15) is 0 Å². The molecule has 4 heteroatoms. The zero-order valence-electron chi connectivity index (χ0n) is 6.91. The van der Waals surface area contributed by atoms with E-state index in [1.165, 1.54) is 0 Å². The molecule has 3 nitrogen and oxygen atoms in total. The Bertz CT molecular complexity index is 111. The molecular formula is C7H16ClNO2. The second kappa shape index (κ2) is 4.93. The van der Waals surface area contributed by atoms with Gasteiger partial charge in [-0.3, -0.25) is 0 Å². The molecule has 11 heavy (non-hydrogen) atoms. The van der Waals surface area contributed by atoms with Gasteiger partial charge in [-0.05, 0) is 13.8 Å². The highest BCUT2D eigenvalue weighted by Gasteiger charge is 2.25. The van der Waals surface area contributed by atoms with E-state index in [1.54, 1.807) is 0 Å². The van der Waals surface area contributed by atoms with Crippen LogP contribution >= 0.6 is 12.4 Å². The zero-order chi connectivity index (χ0) is 7.56. The first-order chi connectivity index (χ1) is 4.70. The number of aliphatic hydroxyl groups is 1. The molecule has 1 heterocycles. The molecule has 1 saturated heterocycles. The van der Waals surface area contributed by atoms with Crippen LogP contribution in [0, 0.1) is 0 Å². The summed E-state index contributed by atoms with van der Waals surface area (Å²) in [5, 5.41) is 12.3. The number of halogens is 1. The smallest absolute Gasteiger partial charge is 0.0973 e. The van der Waals surface area contributed by atoms with Gasteiger partial charge < -0.3 is 15.2 Å². The van der Waals surface area contributed by atoms with E-state index >= 15 is 0 Å². The van der Waals surface area contributed by atoms with Crippen molar-refractivity contribution in [1.29, 1.82) is 0 Å². The highest BCUT2D eigenvalue weighted by atomic mass is 35.5. The number of hydrogen-bond acceptors (Lipinski definition) is 3. The summed E-state index contributed by atoms with van der Waals surface area (Å²) in [7, 11) is 0. The van der Waals surface area contributed by atoms with Gasteiger partial charge in [0, 0.05) is 13.1 Å². The largest absolute Gasteiger partial charge is 0.389 e. The number of aliphatic hydroxyl groups excluding tert-OH is 1. The Kier molecular flexibility index (Phi) is 5.01. The Morgan fingerprint density at radius 3 is 2.45 bits per heavy atom. The Balaban J connectivity index is 0.000001000. The lowest BCUT2D eigenvalue weighted by Crippen LogP contribution is -2.29. The monoisotopic (exact) mass is 181 g/mol. The van der Waals surface area contributed by atoms with E-state index in [0.717, 1.165) is 6.54 Å². The van der Waals surface area contributed by atoms with Gasteiger partial charge in [0.2, 0.25) is 0 Å². The maximum atomic E-state index is 9.25. The average molecular weight is 182 g/mol. The Hall–Kier alpha value is 0.170. The van der Waals surface area contributed by atoms with Crippen LogP contribution in [-0.4, -0.2) is 36.5 Å². The van der Waals surface area contributed by atoms with Crippen molar-refractivity contribution < 1.29 is 9.84 Å². The van der Waals surface area contributed by atoms with Gasteiger partial charge in [-0.1, -0.05) is 0 Å². The Morgan fingerprint density at radius 1 is 1.45 bits per heavy atom. The van der Waals surface area contributed by atoms with Gasteiger partial charge in [-0.25, -0.2) is 0 Å². The van der Waals surface area contributed by atoms with Crippen LogP contribution in [0.25, 0.3) is 0 Å². The van der Waals surface area contributed by atoms with Crippen LogP contribution in [0.4, 0.5) is 0 Å². The van der Waals surface area contributed by atoms with Gasteiger partial charge in [0.25, 0.3) is 0 Å². The first-order valence-corrected chi connectivity index (χ1v) is 3.74. The summed E-state index contributed by atoms with van der Waals surface area (Å²) in [6, 6.07) is 0. The molecule has 0 radical (unpaired) electrons. The zero-order valence-corrected chi connectivity index (χ0v) is 7.73. The van der Waals surface area contributed by atoms with Crippen molar-refractivity contribution in [3.8, 4) is 0 Å². The van der Waals surface area contributed by atoms with Crippen LogP contribution in [-0.2, 0) is 4.74 Å². The topological polar surface area (TPSA) is 41.5 Å². The summed E-state index contributed by atoms with van der Waals surface area (Å²) >= 11 is 0. The standard InChI is InChI=1S/C7H15NO2.ClH/c1-5(2)10-7-4-8-3-6(7)9;/h5-9H,3-4H2,1-2H3;1H/t6-,7-;/m0./s1. The van der Waals surface area contributed by atoms with E-state index in [9.17, 15) is 5.11 Å². The Morgan fingerprint density at radius 2 is 2.09 bits per heavy atom. The molecule has 0 aromatic rings. The van der Waals surface area contributed by atoms with Crippen molar-refractivity contribution in [3.63, 3.8) is 0 Å². The maximum Gasteiger partial charge on any atom is 0.0973 e. The van der Waals surface area contributed by atoms with E-state index in [4.69, 9.17) is 4.74 Å². The molecule has 1 fully saturated rings. The fourth-order valence-electron chi connectivity index (χ4n) is 1.13. The third-order valence-corrected chi connectivity index (χ3v) is 1.58. The van der Waals surface area contributed by atoms with Gasteiger partial charge in [-0.15, -0.1) is 12.4 Å². The maximum absolute atomic E-state index is 9.25. The third-order valence-electron chi connectivity index (χ3n) is 1.58. The van der Waals surface area contributed by atoms with Crippen LogP contribution in [0.1, 0.15) is 13.8 Å². The van der Waals surface area contributed by atoms with Crippen molar-refractivity contribution in [3.05, 3.63) is 0 Å². The summed E-state index contributed by atoms with van der Waals surface area (Å²) in [4.78, 5) is 0. The molecule has 0 amide bonds. The van der Waals surface area contributed by atoms with Crippen LogP contribution < -0.4 is 5.32 Å². The van der Waals surface area contributed by atoms with E-state index in [-0.39, 0.29) is 30.7 Å². The number of nitrogens with one attached hydrogen (secondary N) is 1. The molecule has 0 saturated carbocycles. The summed E-state index contributed by atoms with van der Waals surface area (Å²) < 4.78 is 5.41. The van der Waals surface area contributed by atoms with Gasteiger partial charge in [0.15, 0.2) is 0 Å². The summed E-state index contributed by atoms with van der Waals surface area (Å²) in [6.07, 6.45) is -0.109. The highest BCUT2D eigenvalue weighted by Crippen LogP contribution is 2.06. The molecule has 2 atom stereocenters. The molecule has 1 aliphatic heterocycles. The minimum Gasteiger partial charge on any atom is -0.389 e. The van der Waals surface area contributed by atoms with Crippen molar-refractivity contribution in [1.82, 2.24) is 5.32 Å².